The second-order valence-electron chi connectivity index (χ2n) is 7.95. The molecule has 1 nitrogen and oxygen atoms in total. The molecule has 0 saturated carbocycles. The lowest BCUT2D eigenvalue weighted by atomic mass is 10.0. The van der Waals surface area contributed by atoms with Crippen molar-refractivity contribution < 1.29 is 4.79 Å². The molecule has 0 amide bonds. The highest BCUT2D eigenvalue weighted by Gasteiger charge is 2.32. The van der Waals surface area contributed by atoms with Crippen LogP contribution in [-0.2, 0) is 4.79 Å². The van der Waals surface area contributed by atoms with Crippen molar-refractivity contribution in [1.82, 2.24) is 0 Å². The maximum Gasteiger partial charge on any atom is 0.130 e. The standard InChI is InChI=1S/C26H28OSi/c1-21(27)20-26(28(2,3)25-12-8-5-9-13-25)19-16-22-14-17-24(18-15-22)23-10-6-4-7-11-23/h4-19,26H,20H2,1-3H3/b19-16+. The van der Waals surface area contributed by atoms with Gasteiger partial charge in [0.2, 0.25) is 0 Å². The summed E-state index contributed by atoms with van der Waals surface area (Å²) < 4.78 is 0. The zero-order chi connectivity index (χ0) is 20.0. The van der Waals surface area contributed by atoms with E-state index in [9.17, 15) is 4.79 Å². The zero-order valence-corrected chi connectivity index (χ0v) is 17.9. The fraction of sp³-hybridized carbons (Fsp3) is 0.192. The van der Waals surface area contributed by atoms with Crippen LogP contribution in [0.1, 0.15) is 18.9 Å². The van der Waals surface area contributed by atoms with Gasteiger partial charge in [-0.3, -0.25) is 0 Å². The maximum atomic E-state index is 11.9. The van der Waals surface area contributed by atoms with Gasteiger partial charge < -0.3 is 4.79 Å². The lowest BCUT2D eigenvalue weighted by Gasteiger charge is -2.30. The van der Waals surface area contributed by atoms with E-state index in [0.717, 1.165) is 0 Å². The second kappa shape index (κ2) is 8.98. The number of ketones is 1. The smallest absolute Gasteiger partial charge is 0.130 e. The zero-order valence-electron chi connectivity index (χ0n) is 16.9. The summed E-state index contributed by atoms with van der Waals surface area (Å²) in [6, 6.07) is 29.7. The molecule has 142 valence electrons. The summed E-state index contributed by atoms with van der Waals surface area (Å²) in [6.07, 6.45) is 5.05. The van der Waals surface area contributed by atoms with E-state index in [1.54, 1.807) is 6.92 Å². The molecule has 0 bridgehead atoms. The van der Waals surface area contributed by atoms with Gasteiger partial charge >= 0.3 is 0 Å². The molecule has 0 fully saturated rings. The van der Waals surface area contributed by atoms with Crippen LogP contribution < -0.4 is 5.19 Å². The first-order chi connectivity index (χ1) is 13.5. The summed E-state index contributed by atoms with van der Waals surface area (Å²) in [5, 5.41) is 1.39. The van der Waals surface area contributed by atoms with E-state index >= 15 is 0 Å². The van der Waals surface area contributed by atoms with Crippen LogP contribution in [-0.4, -0.2) is 13.9 Å². The molecule has 3 aromatic carbocycles. The molecule has 1 atom stereocenters. The first kappa shape index (κ1) is 20.0. The summed E-state index contributed by atoms with van der Waals surface area (Å²) in [5.41, 5.74) is 3.90. The van der Waals surface area contributed by atoms with Crippen LogP contribution in [0.2, 0.25) is 18.6 Å². The lowest BCUT2D eigenvalue weighted by Crippen LogP contribution is -2.45. The Balaban J connectivity index is 1.83. The Bertz CT molecular complexity index is 925. The summed E-state index contributed by atoms with van der Waals surface area (Å²) in [7, 11) is -1.80. The molecule has 28 heavy (non-hydrogen) atoms. The molecule has 0 aliphatic heterocycles. The molecule has 0 aliphatic rings. The van der Waals surface area contributed by atoms with Gasteiger partial charge in [0.15, 0.2) is 0 Å². The van der Waals surface area contributed by atoms with Crippen LogP contribution in [0.5, 0.6) is 0 Å². The van der Waals surface area contributed by atoms with Crippen LogP contribution in [0.25, 0.3) is 17.2 Å². The van der Waals surface area contributed by atoms with Crippen LogP contribution in [0, 0.1) is 0 Å². The number of carbonyl (C=O) groups excluding carboxylic acids is 1. The van der Waals surface area contributed by atoms with Crippen molar-refractivity contribution in [3.63, 3.8) is 0 Å². The molecule has 0 saturated heterocycles. The van der Waals surface area contributed by atoms with E-state index in [-0.39, 0.29) is 11.3 Å². The van der Waals surface area contributed by atoms with E-state index < -0.39 is 8.07 Å². The quantitative estimate of drug-likeness (QED) is 0.435. The molecular weight excluding hydrogens is 356 g/mol. The predicted molar refractivity (Wildman–Crippen MR) is 124 cm³/mol. The van der Waals surface area contributed by atoms with E-state index in [4.69, 9.17) is 0 Å². The highest BCUT2D eigenvalue weighted by Crippen LogP contribution is 2.29. The summed E-state index contributed by atoms with van der Waals surface area (Å²) in [5.74, 6) is 0.255. The SMILES string of the molecule is CC(=O)CC(/C=C/c1ccc(-c2ccccc2)cc1)[Si](C)(C)c1ccccc1. The minimum absolute atomic E-state index is 0.255. The summed E-state index contributed by atoms with van der Waals surface area (Å²) in [4.78, 5) is 11.9. The van der Waals surface area contributed by atoms with Gasteiger partial charge in [-0.2, -0.15) is 0 Å². The van der Waals surface area contributed by atoms with Crippen molar-refractivity contribution in [2.24, 2.45) is 0 Å². The van der Waals surface area contributed by atoms with Crippen LogP contribution in [0.15, 0.2) is 91.0 Å². The van der Waals surface area contributed by atoms with Crippen molar-refractivity contribution in [3.8, 4) is 11.1 Å². The summed E-state index contributed by atoms with van der Waals surface area (Å²) >= 11 is 0. The van der Waals surface area contributed by atoms with Crippen LogP contribution in [0.3, 0.4) is 0 Å². The molecule has 0 heterocycles. The Morgan fingerprint density at radius 2 is 1.36 bits per heavy atom. The highest BCUT2D eigenvalue weighted by atomic mass is 28.3. The Kier molecular flexibility index (Phi) is 6.43. The largest absolute Gasteiger partial charge is 0.300 e. The molecular formula is C26H28OSi. The number of hydrogen-bond donors (Lipinski definition) is 0. The van der Waals surface area contributed by atoms with Gasteiger partial charge in [-0.25, -0.2) is 0 Å². The van der Waals surface area contributed by atoms with Crippen LogP contribution >= 0.6 is 0 Å². The minimum Gasteiger partial charge on any atom is -0.300 e. The van der Waals surface area contributed by atoms with Crippen molar-refractivity contribution >= 4 is 25.1 Å². The average molecular weight is 385 g/mol. The molecule has 1 unspecified atom stereocenters. The average Bonchev–Trinajstić information content (AvgIpc) is 2.72. The number of benzene rings is 3. The van der Waals surface area contributed by atoms with Crippen molar-refractivity contribution in [2.45, 2.75) is 32.0 Å². The second-order valence-corrected chi connectivity index (χ2v) is 12.7. The first-order valence-corrected chi connectivity index (χ1v) is 12.9. The maximum absolute atomic E-state index is 11.9. The van der Waals surface area contributed by atoms with E-state index in [0.29, 0.717) is 6.42 Å². The number of carbonyl (C=O) groups is 1. The van der Waals surface area contributed by atoms with E-state index in [1.165, 1.54) is 21.9 Å². The number of allylic oxidation sites excluding steroid dienone is 1. The van der Waals surface area contributed by atoms with E-state index in [1.807, 2.05) is 6.07 Å². The van der Waals surface area contributed by atoms with Gasteiger partial charge in [0.1, 0.15) is 5.78 Å². The predicted octanol–water partition coefficient (Wildman–Crippen LogP) is 6.33. The Hall–Kier alpha value is -2.71. The number of Topliss-reactive ketones (excluding diaryl/α,β-unsaturated/α-hetero) is 1. The van der Waals surface area contributed by atoms with Crippen molar-refractivity contribution in [3.05, 3.63) is 96.6 Å². The Morgan fingerprint density at radius 1 is 0.821 bits per heavy atom. The van der Waals surface area contributed by atoms with Gasteiger partial charge in [0.25, 0.3) is 0 Å². The third-order valence-corrected chi connectivity index (χ3v) is 9.56. The number of rotatable bonds is 7. The molecule has 0 aliphatic carbocycles. The lowest BCUT2D eigenvalue weighted by molar-refractivity contribution is -0.116. The highest BCUT2D eigenvalue weighted by molar-refractivity contribution is 6.91. The van der Waals surface area contributed by atoms with E-state index in [2.05, 4.69) is 104 Å². The van der Waals surface area contributed by atoms with Gasteiger partial charge in [-0.1, -0.05) is 115 Å². The van der Waals surface area contributed by atoms with Gasteiger partial charge in [-0.15, -0.1) is 0 Å². The molecule has 2 heteroatoms. The fourth-order valence-corrected chi connectivity index (χ4v) is 6.45. The van der Waals surface area contributed by atoms with Crippen molar-refractivity contribution in [2.75, 3.05) is 0 Å². The van der Waals surface area contributed by atoms with Crippen molar-refractivity contribution in [1.29, 1.82) is 0 Å². The molecule has 3 aromatic rings. The molecule has 3 rings (SSSR count). The minimum atomic E-state index is -1.80. The van der Waals surface area contributed by atoms with Gasteiger partial charge in [0.05, 0.1) is 8.07 Å². The van der Waals surface area contributed by atoms with Crippen LogP contribution in [0.4, 0.5) is 0 Å². The Labute approximate surface area is 169 Å². The number of hydrogen-bond acceptors (Lipinski definition) is 1. The van der Waals surface area contributed by atoms with Gasteiger partial charge in [0, 0.05) is 6.42 Å². The molecule has 0 N–H and O–H groups in total. The normalized spacial score (nSPS) is 12.8. The molecule has 0 radical (unpaired) electrons. The van der Waals surface area contributed by atoms with Gasteiger partial charge in [-0.05, 0) is 29.2 Å². The topological polar surface area (TPSA) is 17.1 Å². The first-order valence-electron chi connectivity index (χ1n) is 9.85. The molecule has 0 spiro atoms. The molecule has 0 aromatic heterocycles. The monoisotopic (exact) mass is 384 g/mol. The fourth-order valence-electron chi connectivity index (χ4n) is 3.60. The third kappa shape index (κ3) is 4.96. The Morgan fingerprint density at radius 3 is 1.93 bits per heavy atom. The summed E-state index contributed by atoms with van der Waals surface area (Å²) in [6.45, 7) is 6.42. The third-order valence-electron chi connectivity index (χ3n) is 5.49.